The summed E-state index contributed by atoms with van der Waals surface area (Å²) in [6.45, 7) is 2.41. The van der Waals surface area contributed by atoms with Crippen LogP contribution in [-0.2, 0) is 0 Å². The number of hydrogen-bond donors (Lipinski definition) is 1. The van der Waals surface area contributed by atoms with Crippen molar-refractivity contribution in [3.63, 3.8) is 0 Å². The minimum atomic E-state index is 0.113. The summed E-state index contributed by atoms with van der Waals surface area (Å²) in [4.78, 5) is 17.9. The molecular formula is C12H17N3O. The summed E-state index contributed by atoms with van der Waals surface area (Å²) < 4.78 is 0. The topological polar surface area (TPSA) is 59.2 Å². The molecule has 4 heteroatoms. The highest BCUT2D eigenvalue weighted by Gasteiger charge is 2.26. The minimum absolute atomic E-state index is 0.113. The number of amides is 1. The van der Waals surface area contributed by atoms with Crippen LogP contribution in [0.1, 0.15) is 23.2 Å². The van der Waals surface area contributed by atoms with Gasteiger partial charge in [-0.25, -0.2) is 0 Å². The Morgan fingerprint density at radius 3 is 2.94 bits per heavy atom. The molecule has 1 aromatic heterocycles. The summed E-state index contributed by atoms with van der Waals surface area (Å²) in [6, 6.07) is 3.52. The van der Waals surface area contributed by atoms with Gasteiger partial charge in [0, 0.05) is 31.0 Å². The van der Waals surface area contributed by atoms with Crippen LogP contribution in [-0.4, -0.2) is 35.4 Å². The van der Waals surface area contributed by atoms with E-state index in [1.54, 1.807) is 24.5 Å². The Balaban J connectivity index is 1.97. The SMILES string of the molecule is NCCC1CCN(C(=O)c2ccncc2)C1. The molecule has 0 spiro atoms. The van der Waals surface area contributed by atoms with Crippen molar-refractivity contribution in [3.8, 4) is 0 Å². The van der Waals surface area contributed by atoms with Gasteiger partial charge in [0.05, 0.1) is 0 Å². The van der Waals surface area contributed by atoms with Gasteiger partial charge in [-0.05, 0) is 37.4 Å². The lowest BCUT2D eigenvalue weighted by atomic mass is 10.1. The standard InChI is InChI=1S/C12H17N3O/c13-5-1-10-4-8-15(9-10)12(16)11-2-6-14-7-3-11/h2-3,6-7,10H,1,4-5,8-9,13H2. The molecule has 0 saturated carbocycles. The minimum Gasteiger partial charge on any atom is -0.338 e. The van der Waals surface area contributed by atoms with Crippen molar-refractivity contribution in [2.24, 2.45) is 11.7 Å². The van der Waals surface area contributed by atoms with E-state index in [-0.39, 0.29) is 5.91 Å². The molecule has 1 aliphatic rings. The highest BCUT2D eigenvalue weighted by atomic mass is 16.2. The van der Waals surface area contributed by atoms with Crippen LogP contribution in [0, 0.1) is 5.92 Å². The molecule has 0 radical (unpaired) electrons. The van der Waals surface area contributed by atoms with E-state index in [4.69, 9.17) is 5.73 Å². The van der Waals surface area contributed by atoms with Gasteiger partial charge in [0.1, 0.15) is 0 Å². The third-order valence-electron chi connectivity index (χ3n) is 3.08. The third-order valence-corrected chi connectivity index (χ3v) is 3.08. The molecule has 1 atom stereocenters. The first kappa shape index (κ1) is 11.1. The zero-order valence-corrected chi connectivity index (χ0v) is 9.30. The molecule has 0 aliphatic carbocycles. The first-order valence-corrected chi connectivity index (χ1v) is 5.70. The van der Waals surface area contributed by atoms with E-state index in [1.165, 1.54) is 0 Å². The first-order chi connectivity index (χ1) is 7.81. The third kappa shape index (κ3) is 2.39. The van der Waals surface area contributed by atoms with Gasteiger partial charge >= 0.3 is 0 Å². The van der Waals surface area contributed by atoms with E-state index in [0.717, 1.165) is 31.5 Å². The second-order valence-corrected chi connectivity index (χ2v) is 4.22. The Kier molecular flexibility index (Phi) is 3.51. The fraction of sp³-hybridized carbons (Fsp3) is 0.500. The van der Waals surface area contributed by atoms with Crippen molar-refractivity contribution < 1.29 is 4.79 Å². The van der Waals surface area contributed by atoms with E-state index < -0.39 is 0 Å². The van der Waals surface area contributed by atoms with Gasteiger partial charge in [-0.1, -0.05) is 0 Å². The van der Waals surface area contributed by atoms with Crippen LogP contribution in [0.25, 0.3) is 0 Å². The number of hydrogen-bond acceptors (Lipinski definition) is 3. The lowest BCUT2D eigenvalue weighted by Crippen LogP contribution is -2.28. The van der Waals surface area contributed by atoms with E-state index in [0.29, 0.717) is 12.5 Å². The van der Waals surface area contributed by atoms with Gasteiger partial charge in [0.25, 0.3) is 5.91 Å². The molecule has 1 aliphatic heterocycles. The van der Waals surface area contributed by atoms with Crippen molar-refractivity contribution >= 4 is 5.91 Å². The monoisotopic (exact) mass is 219 g/mol. The summed E-state index contributed by atoms with van der Waals surface area (Å²) in [5.74, 6) is 0.692. The molecule has 0 bridgehead atoms. The van der Waals surface area contributed by atoms with Gasteiger partial charge < -0.3 is 10.6 Å². The average molecular weight is 219 g/mol. The Hall–Kier alpha value is -1.42. The molecule has 1 unspecified atom stereocenters. The van der Waals surface area contributed by atoms with Gasteiger partial charge in [0.2, 0.25) is 0 Å². The van der Waals surface area contributed by atoms with Crippen LogP contribution in [0.15, 0.2) is 24.5 Å². The molecule has 2 N–H and O–H groups in total. The molecule has 1 aromatic rings. The van der Waals surface area contributed by atoms with Gasteiger partial charge in [-0.3, -0.25) is 9.78 Å². The quantitative estimate of drug-likeness (QED) is 0.821. The number of likely N-dealkylation sites (tertiary alicyclic amines) is 1. The highest BCUT2D eigenvalue weighted by Crippen LogP contribution is 2.20. The molecule has 2 heterocycles. The molecule has 16 heavy (non-hydrogen) atoms. The molecule has 1 amide bonds. The summed E-state index contributed by atoms with van der Waals surface area (Å²) in [5.41, 5.74) is 6.25. The van der Waals surface area contributed by atoms with Gasteiger partial charge in [-0.2, -0.15) is 0 Å². The van der Waals surface area contributed by atoms with Crippen molar-refractivity contribution in [2.45, 2.75) is 12.8 Å². The Morgan fingerprint density at radius 2 is 2.25 bits per heavy atom. The van der Waals surface area contributed by atoms with Crippen LogP contribution < -0.4 is 5.73 Å². The highest BCUT2D eigenvalue weighted by molar-refractivity contribution is 5.94. The van der Waals surface area contributed by atoms with Crippen LogP contribution in [0.4, 0.5) is 0 Å². The lowest BCUT2D eigenvalue weighted by molar-refractivity contribution is 0.0786. The summed E-state index contributed by atoms with van der Waals surface area (Å²) >= 11 is 0. The number of pyridine rings is 1. The fourth-order valence-electron chi connectivity index (χ4n) is 2.17. The fourth-order valence-corrected chi connectivity index (χ4v) is 2.17. The van der Waals surface area contributed by atoms with E-state index in [1.807, 2.05) is 4.90 Å². The number of carbonyl (C=O) groups excluding carboxylic acids is 1. The average Bonchev–Trinajstić information content (AvgIpc) is 2.78. The molecule has 1 saturated heterocycles. The smallest absolute Gasteiger partial charge is 0.253 e. The van der Waals surface area contributed by atoms with Crippen molar-refractivity contribution in [2.75, 3.05) is 19.6 Å². The predicted molar refractivity (Wildman–Crippen MR) is 61.9 cm³/mol. The molecule has 0 aromatic carbocycles. The summed E-state index contributed by atoms with van der Waals surface area (Å²) in [5, 5.41) is 0. The maximum Gasteiger partial charge on any atom is 0.253 e. The first-order valence-electron chi connectivity index (χ1n) is 5.70. The van der Waals surface area contributed by atoms with Crippen LogP contribution in [0.2, 0.25) is 0 Å². The number of rotatable bonds is 3. The Morgan fingerprint density at radius 1 is 1.50 bits per heavy atom. The molecule has 2 rings (SSSR count). The molecule has 4 nitrogen and oxygen atoms in total. The van der Waals surface area contributed by atoms with E-state index >= 15 is 0 Å². The maximum absolute atomic E-state index is 12.1. The second kappa shape index (κ2) is 5.07. The molecule has 1 fully saturated rings. The van der Waals surface area contributed by atoms with Crippen LogP contribution in [0.3, 0.4) is 0 Å². The van der Waals surface area contributed by atoms with E-state index in [9.17, 15) is 4.79 Å². The Labute approximate surface area is 95.5 Å². The second-order valence-electron chi connectivity index (χ2n) is 4.22. The van der Waals surface area contributed by atoms with Crippen LogP contribution >= 0.6 is 0 Å². The van der Waals surface area contributed by atoms with E-state index in [2.05, 4.69) is 4.98 Å². The number of carbonyl (C=O) groups is 1. The zero-order valence-electron chi connectivity index (χ0n) is 9.30. The van der Waals surface area contributed by atoms with Crippen molar-refractivity contribution in [1.82, 2.24) is 9.88 Å². The number of aromatic nitrogens is 1. The normalized spacial score (nSPS) is 20.1. The van der Waals surface area contributed by atoms with Crippen LogP contribution in [0.5, 0.6) is 0 Å². The zero-order chi connectivity index (χ0) is 11.4. The van der Waals surface area contributed by atoms with Gasteiger partial charge in [-0.15, -0.1) is 0 Å². The molecular weight excluding hydrogens is 202 g/mol. The molecule has 86 valence electrons. The van der Waals surface area contributed by atoms with Crippen molar-refractivity contribution in [3.05, 3.63) is 30.1 Å². The lowest BCUT2D eigenvalue weighted by Gasteiger charge is -2.16. The van der Waals surface area contributed by atoms with Crippen molar-refractivity contribution in [1.29, 1.82) is 0 Å². The number of nitrogens with zero attached hydrogens (tertiary/aromatic N) is 2. The maximum atomic E-state index is 12.1. The van der Waals surface area contributed by atoms with Gasteiger partial charge in [0.15, 0.2) is 0 Å². The summed E-state index contributed by atoms with van der Waals surface area (Å²) in [7, 11) is 0. The predicted octanol–water partition coefficient (Wildman–Crippen LogP) is 0.892. The number of nitrogens with two attached hydrogens (primary N) is 1. The largest absolute Gasteiger partial charge is 0.338 e. The Bertz CT molecular complexity index is 353. The summed E-state index contributed by atoms with van der Waals surface area (Å²) in [6.07, 6.45) is 5.40.